The molecular formula is C20H28N4O4. The van der Waals surface area contributed by atoms with Crippen LogP contribution in [0, 0.1) is 19.3 Å². The number of hydrogen-bond donors (Lipinski definition) is 2. The van der Waals surface area contributed by atoms with E-state index >= 15 is 0 Å². The molecule has 0 unspecified atom stereocenters. The zero-order valence-corrected chi connectivity index (χ0v) is 17.0. The number of benzene rings is 1. The molecule has 3 N–H and O–H groups in total. The van der Waals surface area contributed by atoms with Crippen LogP contribution in [0.4, 0.5) is 10.5 Å². The smallest absolute Gasteiger partial charge is 0.411 e. The van der Waals surface area contributed by atoms with Crippen molar-refractivity contribution in [3.05, 3.63) is 46.8 Å². The molecule has 2 aromatic rings. The molecule has 0 saturated carbocycles. The molecule has 2 amide bonds. The summed E-state index contributed by atoms with van der Waals surface area (Å²) >= 11 is 0. The number of rotatable bonds is 7. The third kappa shape index (κ3) is 5.10. The molecule has 0 saturated heterocycles. The number of amides is 2. The molecule has 152 valence electrons. The second-order valence-electron chi connectivity index (χ2n) is 7.50. The Morgan fingerprint density at radius 2 is 1.96 bits per heavy atom. The van der Waals surface area contributed by atoms with Gasteiger partial charge in [-0.2, -0.15) is 0 Å². The molecule has 0 aliphatic carbocycles. The number of para-hydroxylation sites is 1. The van der Waals surface area contributed by atoms with E-state index in [0.29, 0.717) is 35.8 Å². The first-order valence-electron chi connectivity index (χ1n) is 9.03. The van der Waals surface area contributed by atoms with Gasteiger partial charge in [-0.05, 0) is 37.4 Å². The Kier molecular flexibility index (Phi) is 6.80. The summed E-state index contributed by atoms with van der Waals surface area (Å²) < 4.78 is 9.85. The van der Waals surface area contributed by atoms with Crippen molar-refractivity contribution in [2.45, 2.75) is 34.2 Å². The second-order valence-corrected chi connectivity index (χ2v) is 7.50. The average molecular weight is 388 g/mol. The van der Waals surface area contributed by atoms with E-state index < -0.39 is 6.09 Å². The summed E-state index contributed by atoms with van der Waals surface area (Å²) in [6.07, 6.45) is -0.571. The summed E-state index contributed by atoms with van der Waals surface area (Å²) in [7, 11) is 1.30. The van der Waals surface area contributed by atoms with Gasteiger partial charge in [0, 0.05) is 18.8 Å². The van der Waals surface area contributed by atoms with Crippen molar-refractivity contribution < 1.29 is 18.8 Å². The summed E-state index contributed by atoms with van der Waals surface area (Å²) in [6.45, 7) is 8.58. The van der Waals surface area contributed by atoms with Crippen molar-refractivity contribution >= 4 is 17.7 Å². The van der Waals surface area contributed by atoms with Crippen LogP contribution in [0.3, 0.4) is 0 Å². The zero-order valence-electron chi connectivity index (χ0n) is 17.0. The Morgan fingerprint density at radius 3 is 2.54 bits per heavy atom. The first-order chi connectivity index (χ1) is 13.2. The molecule has 0 radical (unpaired) electrons. The maximum absolute atomic E-state index is 13.3. The number of nitrogens with zero attached hydrogens (tertiary/aromatic N) is 2. The van der Waals surface area contributed by atoms with Crippen molar-refractivity contribution in [3.8, 4) is 0 Å². The SMILES string of the molecule is COC(=O)Nc1ccccc1CN(CC(C)(C)CN)C(=O)c1c(C)noc1C. The highest BCUT2D eigenvalue weighted by Crippen LogP contribution is 2.24. The molecule has 0 bridgehead atoms. The summed E-state index contributed by atoms with van der Waals surface area (Å²) in [6, 6.07) is 7.27. The Labute approximate surface area is 165 Å². The Balaban J connectivity index is 2.39. The van der Waals surface area contributed by atoms with E-state index in [1.165, 1.54) is 7.11 Å². The van der Waals surface area contributed by atoms with Crippen LogP contribution in [0.25, 0.3) is 0 Å². The minimum Gasteiger partial charge on any atom is -0.453 e. The molecule has 1 heterocycles. The first-order valence-corrected chi connectivity index (χ1v) is 9.03. The van der Waals surface area contributed by atoms with Gasteiger partial charge in [0.2, 0.25) is 0 Å². The van der Waals surface area contributed by atoms with E-state index in [9.17, 15) is 9.59 Å². The highest BCUT2D eigenvalue weighted by Gasteiger charge is 2.29. The predicted octanol–water partition coefficient (Wildman–Crippen LogP) is 3.10. The number of carbonyl (C=O) groups excluding carboxylic acids is 2. The Morgan fingerprint density at radius 1 is 1.29 bits per heavy atom. The molecule has 0 atom stereocenters. The van der Waals surface area contributed by atoms with Gasteiger partial charge in [-0.25, -0.2) is 4.79 Å². The molecular weight excluding hydrogens is 360 g/mol. The fourth-order valence-electron chi connectivity index (χ4n) is 2.87. The lowest BCUT2D eigenvalue weighted by Gasteiger charge is -2.32. The maximum atomic E-state index is 13.3. The maximum Gasteiger partial charge on any atom is 0.411 e. The van der Waals surface area contributed by atoms with Crippen LogP contribution >= 0.6 is 0 Å². The van der Waals surface area contributed by atoms with Gasteiger partial charge in [0.1, 0.15) is 11.3 Å². The zero-order chi connectivity index (χ0) is 20.9. The van der Waals surface area contributed by atoms with Crippen LogP contribution in [0.1, 0.15) is 41.2 Å². The van der Waals surface area contributed by atoms with Crippen molar-refractivity contribution in [1.29, 1.82) is 0 Å². The quantitative estimate of drug-likeness (QED) is 0.754. The van der Waals surface area contributed by atoms with Crippen LogP contribution in [-0.2, 0) is 11.3 Å². The third-order valence-corrected chi connectivity index (χ3v) is 4.51. The molecule has 8 heteroatoms. The number of aryl methyl sites for hydroxylation is 2. The number of ether oxygens (including phenoxy) is 1. The number of nitrogens with one attached hydrogen (secondary N) is 1. The number of methoxy groups -OCH3 is 1. The van der Waals surface area contributed by atoms with E-state index in [1.807, 2.05) is 26.0 Å². The molecule has 1 aromatic carbocycles. The Bertz CT molecular complexity index is 825. The van der Waals surface area contributed by atoms with Crippen LogP contribution < -0.4 is 11.1 Å². The molecule has 0 aliphatic rings. The topological polar surface area (TPSA) is 111 Å². The number of aromatic nitrogens is 1. The monoisotopic (exact) mass is 388 g/mol. The first kappa shape index (κ1) is 21.4. The Hall–Kier alpha value is -2.87. The number of anilines is 1. The fourth-order valence-corrected chi connectivity index (χ4v) is 2.87. The van der Waals surface area contributed by atoms with Crippen LogP contribution in [0.15, 0.2) is 28.8 Å². The largest absolute Gasteiger partial charge is 0.453 e. The van der Waals surface area contributed by atoms with E-state index in [2.05, 4.69) is 15.2 Å². The highest BCUT2D eigenvalue weighted by atomic mass is 16.5. The van der Waals surface area contributed by atoms with E-state index in [0.717, 1.165) is 5.56 Å². The van der Waals surface area contributed by atoms with Gasteiger partial charge in [-0.3, -0.25) is 10.1 Å². The number of hydrogen-bond acceptors (Lipinski definition) is 6. The summed E-state index contributed by atoms with van der Waals surface area (Å²) in [5, 5.41) is 6.57. The second kappa shape index (κ2) is 8.88. The number of carbonyl (C=O) groups is 2. The van der Waals surface area contributed by atoms with E-state index in [-0.39, 0.29) is 17.9 Å². The summed E-state index contributed by atoms with van der Waals surface area (Å²) in [5.41, 5.74) is 7.96. The third-order valence-electron chi connectivity index (χ3n) is 4.51. The lowest BCUT2D eigenvalue weighted by Crippen LogP contribution is -2.42. The van der Waals surface area contributed by atoms with E-state index in [1.54, 1.807) is 30.9 Å². The van der Waals surface area contributed by atoms with Gasteiger partial charge < -0.3 is 19.9 Å². The normalized spacial score (nSPS) is 11.2. The average Bonchev–Trinajstić information content (AvgIpc) is 3.00. The van der Waals surface area contributed by atoms with Gasteiger partial charge in [0.05, 0.1) is 12.8 Å². The van der Waals surface area contributed by atoms with Gasteiger partial charge in [-0.15, -0.1) is 0 Å². The summed E-state index contributed by atoms with van der Waals surface area (Å²) in [4.78, 5) is 26.7. The van der Waals surface area contributed by atoms with Crippen LogP contribution in [0.2, 0.25) is 0 Å². The minimum atomic E-state index is -0.571. The molecule has 28 heavy (non-hydrogen) atoms. The highest BCUT2D eigenvalue weighted by molar-refractivity contribution is 5.96. The van der Waals surface area contributed by atoms with Crippen LogP contribution in [0.5, 0.6) is 0 Å². The van der Waals surface area contributed by atoms with Crippen LogP contribution in [-0.4, -0.2) is 42.3 Å². The van der Waals surface area contributed by atoms with Crippen molar-refractivity contribution in [3.63, 3.8) is 0 Å². The predicted molar refractivity (Wildman–Crippen MR) is 106 cm³/mol. The molecule has 0 spiro atoms. The molecule has 8 nitrogen and oxygen atoms in total. The van der Waals surface area contributed by atoms with Crippen molar-refractivity contribution in [1.82, 2.24) is 10.1 Å². The van der Waals surface area contributed by atoms with Gasteiger partial charge in [0.25, 0.3) is 5.91 Å². The number of nitrogens with two attached hydrogens (primary N) is 1. The lowest BCUT2D eigenvalue weighted by atomic mass is 9.92. The molecule has 0 fully saturated rings. The van der Waals surface area contributed by atoms with Gasteiger partial charge >= 0.3 is 6.09 Å². The van der Waals surface area contributed by atoms with Crippen molar-refractivity contribution in [2.75, 3.05) is 25.5 Å². The lowest BCUT2D eigenvalue weighted by molar-refractivity contribution is 0.0671. The van der Waals surface area contributed by atoms with Gasteiger partial charge in [0.15, 0.2) is 0 Å². The minimum absolute atomic E-state index is 0.189. The van der Waals surface area contributed by atoms with Gasteiger partial charge in [-0.1, -0.05) is 37.2 Å². The summed E-state index contributed by atoms with van der Waals surface area (Å²) in [5.74, 6) is 0.282. The molecule has 2 rings (SSSR count). The standard InChI is InChI=1S/C20H28N4O4/c1-13-17(14(2)28-23-13)18(25)24(12-20(3,4)11-21)10-15-8-6-7-9-16(15)22-19(26)27-5/h6-9H,10-12,21H2,1-5H3,(H,22,26). The molecule has 1 aromatic heterocycles. The fraction of sp³-hybridized carbons (Fsp3) is 0.450. The molecule has 0 aliphatic heterocycles. The van der Waals surface area contributed by atoms with E-state index in [4.69, 9.17) is 10.3 Å². The van der Waals surface area contributed by atoms with Crippen molar-refractivity contribution in [2.24, 2.45) is 11.1 Å².